The van der Waals surface area contributed by atoms with Crippen molar-refractivity contribution in [1.82, 2.24) is 15.3 Å². The Balaban J connectivity index is 1.57. The van der Waals surface area contributed by atoms with Crippen LogP contribution in [0.1, 0.15) is 50.3 Å². The predicted octanol–water partition coefficient (Wildman–Crippen LogP) is 3.21. The van der Waals surface area contributed by atoms with Gasteiger partial charge in [0.25, 0.3) is 0 Å². The number of carbonyl (C=O) groups excluding carboxylic acids is 1. The standard InChI is InChI=1S/C19H24N4O/c1-19(2)10-8-16(14-6-3-4-7-15(14)19)23-17(24)9-13-22-18-20-11-5-12-21-18/h3-7,11-12,16H,8-10,13H2,1-2H3,(H,23,24)(H,20,21,22). The highest BCUT2D eigenvalue weighted by Gasteiger charge is 2.32. The summed E-state index contributed by atoms with van der Waals surface area (Å²) in [5, 5.41) is 6.24. The number of rotatable bonds is 5. The van der Waals surface area contributed by atoms with Gasteiger partial charge in [-0.2, -0.15) is 0 Å². The fourth-order valence-corrected chi connectivity index (χ4v) is 3.31. The molecule has 1 heterocycles. The summed E-state index contributed by atoms with van der Waals surface area (Å²) in [7, 11) is 0. The van der Waals surface area contributed by atoms with Gasteiger partial charge in [-0.15, -0.1) is 0 Å². The Bertz CT molecular complexity index is 700. The maximum absolute atomic E-state index is 12.3. The molecule has 0 saturated carbocycles. The van der Waals surface area contributed by atoms with Crippen LogP contribution in [0.25, 0.3) is 0 Å². The second-order valence-corrected chi connectivity index (χ2v) is 6.88. The highest BCUT2D eigenvalue weighted by molar-refractivity contribution is 5.77. The number of aromatic nitrogens is 2. The number of benzene rings is 1. The topological polar surface area (TPSA) is 66.9 Å². The van der Waals surface area contributed by atoms with Gasteiger partial charge >= 0.3 is 0 Å². The van der Waals surface area contributed by atoms with Crippen LogP contribution in [0.4, 0.5) is 5.95 Å². The van der Waals surface area contributed by atoms with Crippen LogP contribution in [0, 0.1) is 0 Å². The van der Waals surface area contributed by atoms with E-state index in [1.807, 2.05) is 6.07 Å². The van der Waals surface area contributed by atoms with Gasteiger partial charge in [0, 0.05) is 25.4 Å². The average Bonchev–Trinajstić information content (AvgIpc) is 2.59. The van der Waals surface area contributed by atoms with E-state index in [9.17, 15) is 4.79 Å². The molecular weight excluding hydrogens is 300 g/mol. The molecule has 1 atom stereocenters. The summed E-state index contributed by atoms with van der Waals surface area (Å²) >= 11 is 0. The second kappa shape index (κ2) is 6.99. The number of carbonyl (C=O) groups is 1. The molecule has 0 bridgehead atoms. The van der Waals surface area contributed by atoms with E-state index in [0.29, 0.717) is 18.9 Å². The van der Waals surface area contributed by atoms with E-state index in [2.05, 4.69) is 52.6 Å². The van der Waals surface area contributed by atoms with E-state index in [-0.39, 0.29) is 17.4 Å². The molecule has 0 saturated heterocycles. The molecule has 0 aliphatic heterocycles. The molecule has 3 rings (SSSR count). The number of nitrogens with one attached hydrogen (secondary N) is 2. The number of anilines is 1. The number of amides is 1. The molecule has 1 aromatic carbocycles. The minimum Gasteiger partial charge on any atom is -0.354 e. The molecule has 2 N–H and O–H groups in total. The summed E-state index contributed by atoms with van der Waals surface area (Å²) in [6.45, 7) is 5.07. The molecule has 5 nitrogen and oxygen atoms in total. The lowest BCUT2D eigenvalue weighted by molar-refractivity contribution is -0.121. The van der Waals surface area contributed by atoms with Crippen molar-refractivity contribution in [3.8, 4) is 0 Å². The van der Waals surface area contributed by atoms with Crippen molar-refractivity contribution in [2.24, 2.45) is 0 Å². The van der Waals surface area contributed by atoms with Gasteiger partial charge in [0.1, 0.15) is 0 Å². The van der Waals surface area contributed by atoms with Crippen molar-refractivity contribution in [3.63, 3.8) is 0 Å². The first-order valence-corrected chi connectivity index (χ1v) is 8.46. The van der Waals surface area contributed by atoms with Gasteiger partial charge in [0.2, 0.25) is 11.9 Å². The zero-order valence-corrected chi connectivity index (χ0v) is 14.2. The van der Waals surface area contributed by atoms with Crippen LogP contribution in [0.5, 0.6) is 0 Å². The lowest BCUT2D eigenvalue weighted by Gasteiger charge is -2.37. The Hall–Kier alpha value is -2.43. The van der Waals surface area contributed by atoms with Crippen LogP contribution in [-0.4, -0.2) is 22.4 Å². The van der Waals surface area contributed by atoms with Gasteiger partial charge in [0.15, 0.2) is 0 Å². The smallest absolute Gasteiger partial charge is 0.222 e. The van der Waals surface area contributed by atoms with Crippen LogP contribution in [0.15, 0.2) is 42.7 Å². The zero-order valence-electron chi connectivity index (χ0n) is 14.2. The summed E-state index contributed by atoms with van der Waals surface area (Å²) in [6, 6.07) is 10.3. The fourth-order valence-electron chi connectivity index (χ4n) is 3.31. The van der Waals surface area contributed by atoms with Crippen molar-refractivity contribution in [1.29, 1.82) is 0 Å². The number of hydrogen-bond acceptors (Lipinski definition) is 4. The molecule has 1 aromatic heterocycles. The van der Waals surface area contributed by atoms with E-state index in [4.69, 9.17) is 0 Å². The van der Waals surface area contributed by atoms with Gasteiger partial charge in [-0.3, -0.25) is 4.79 Å². The largest absolute Gasteiger partial charge is 0.354 e. The molecule has 0 radical (unpaired) electrons. The van der Waals surface area contributed by atoms with Crippen LogP contribution >= 0.6 is 0 Å². The van der Waals surface area contributed by atoms with Gasteiger partial charge in [-0.25, -0.2) is 9.97 Å². The first-order valence-electron chi connectivity index (χ1n) is 8.46. The molecule has 1 aliphatic carbocycles. The Morgan fingerprint density at radius 3 is 2.75 bits per heavy atom. The van der Waals surface area contributed by atoms with Gasteiger partial charge in [-0.1, -0.05) is 38.1 Å². The van der Waals surface area contributed by atoms with Crippen LogP contribution in [0.3, 0.4) is 0 Å². The Morgan fingerprint density at radius 2 is 1.96 bits per heavy atom. The third kappa shape index (κ3) is 3.72. The van der Waals surface area contributed by atoms with Crippen molar-refractivity contribution < 1.29 is 4.79 Å². The zero-order chi connectivity index (χ0) is 17.0. The molecule has 2 aromatic rings. The molecule has 1 amide bonds. The van der Waals surface area contributed by atoms with E-state index in [1.165, 1.54) is 11.1 Å². The Kier molecular flexibility index (Phi) is 4.79. The molecule has 1 unspecified atom stereocenters. The van der Waals surface area contributed by atoms with Crippen molar-refractivity contribution in [2.75, 3.05) is 11.9 Å². The molecule has 0 spiro atoms. The predicted molar refractivity (Wildman–Crippen MR) is 94.7 cm³/mol. The fraction of sp³-hybridized carbons (Fsp3) is 0.421. The molecule has 126 valence electrons. The molecule has 5 heteroatoms. The van der Waals surface area contributed by atoms with E-state index < -0.39 is 0 Å². The number of nitrogens with zero attached hydrogens (tertiary/aromatic N) is 2. The third-order valence-corrected chi connectivity index (χ3v) is 4.66. The highest BCUT2D eigenvalue weighted by atomic mass is 16.1. The van der Waals surface area contributed by atoms with Crippen LogP contribution in [-0.2, 0) is 10.2 Å². The SMILES string of the molecule is CC1(C)CCC(NC(=O)CCNc2ncccn2)c2ccccc21. The summed E-state index contributed by atoms with van der Waals surface area (Å²) in [5.41, 5.74) is 2.77. The van der Waals surface area contributed by atoms with Crippen LogP contribution in [0.2, 0.25) is 0 Å². The van der Waals surface area contributed by atoms with Crippen molar-refractivity contribution in [2.45, 2.75) is 44.6 Å². The minimum absolute atomic E-state index is 0.0536. The van der Waals surface area contributed by atoms with Crippen LogP contribution < -0.4 is 10.6 Å². The lowest BCUT2D eigenvalue weighted by atomic mass is 9.71. The van der Waals surface area contributed by atoms with E-state index in [1.54, 1.807) is 18.5 Å². The van der Waals surface area contributed by atoms with Gasteiger partial charge in [-0.05, 0) is 35.4 Å². The summed E-state index contributed by atoms with van der Waals surface area (Å²) < 4.78 is 0. The highest BCUT2D eigenvalue weighted by Crippen LogP contribution is 2.41. The number of hydrogen-bond donors (Lipinski definition) is 2. The Morgan fingerprint density at radius 1 is 1.21 bits per heavy atom. The van der Waals surface area contributed by atoms with Crippen molar-refractivity contribution in [3.05, 3.63) is 53.9 Å². The number of fused-ring (bicyclic) bond motifs is 1. The average molecular weight is 324 g/mol. The minimum atomic E-state index is 0.0536. The molecule has 0 fully saturated rings. The van der Waals surface area contributed by atoms with Gasteiger partial charge < -0.3 is 10.6 Å². The molecular formula is C19H24N4O. The molecule has 1 aliphatic rings. The third-order valence-electron chi connectivity index (χ3n) is 4.66. The quantitative estimate of drug-likeness (QED) is 0.886. The monoisotopic (exact) mass is 324 g/mol. The van der Waals surface area contributed by atoms with E-state index >= 15 is 0 Å². The Labute approximate surface area is 142 Å². The maximum atomic E-state index is 12.3. The van der Waals surface area contributed by atoms with Crippen molar-refractivity contribution >= 4 is 11.9 Å². The first-order chi connectivity index (χ1) is 11.6. The van der Waals surface area contributed by atoms with E-state index in [0.717, 1.165) is 12.8 Å². The lowest BCUT2D eigenvalue weighted by Crippen LogP contribution is -2.36. The normalized spacial score (nSPS) is 18.5. The second-order valence-electron chi connectivity index (χ2n) is 6.88. The molecule has 24 heavy (non-hydrogen) atoms. The van der Waals surface area contributed by atoms with Gasteiger partial charge in [0.05, 0.1) is 6.04 Å². The maximum Gasteiger partial charge on any atom is 0.222 e. The first kappa shape index (κ1) is 16.4. The summed E-state index contributed by atoms with van der Waals surface area (Å²) in [4.78, 5) is 20.4. The summed E-state index contributed by atoms with van der Waals surface area (Å²) in [6.07, 6.45) is 5.81. The summed E-state index contributed by atoms with van der Waals surface area (Å²) in [5.74, 6) is 0.605.